The molecule has 2 aromatic carbocycles. The van der Waals surface area contributed by atoms with Gasteiger partial charge in [-0.15, -0.1) is 0 Å². The second-order valence-electron chi connectivity index (χ2n) is 22.8. The summed E-state index contributed by atoms with van der Waals surface area (Å²) in [4.78, 5) is 169. The van der Waals surface area contributed by atoms with E-state index in [9.17, 15) is 108 Å². The number of hydrogen-bond donors (Lipinski definition) is 18. The minimum absolute atomic E-state index is 0.0249. The fourth-order valence-corrected chi connectivity index (χ4v) is 9.60. The van der Waals surface area contributed by atoms with Gasteiger partial charge < -0.3 is 93.6 Å². The average molecular weight is 1360 g/mol. The molecular formula is C62H92N10O24. The van der Waals surface area contributed by atoms with E-state index in [2.05, 4.69) is 42.5 Å². The molecule has 2 rings (SSSR count). The highest BCUT2D eigenvalue weighted by Gasteiger charge is 2.27. The van der Waals surface area contributed by atoms with Gasteiger partial charge in [0.05, 0.1) is 13.1 Å². The third-order valence-corrected chi connectivity index (χ3v) is 14.8. The van der Waals surface area contributed by atoms with Gasteiger partial charge in [-0.05, 0) is 113 Å². The van der Waals surface area contributed by atoms with Crippen molar-refractivity contribution in [1.29, 1.82) is 0 Å². The monoisotopic (exact) mass is 1360 g/mol. The lowest BCUT2D eigenvalue weighted by Gasteiger charge is -2.26. The normalized spacial score (nSPS) is 12.2. The Kier molecular flexibility index (Phi) is 39.6. The molecule has 0 saturated heterocycles. The molecule has 18 N–H and O–H groups in total. The Morgan fingerprint density at radius 2 is 0.646 bits per heavy atom. The summed E-state index contributed by atoms with van der Waals surface area (Å²) in [5.74, 6) is -11.8. The van der Waals surface area contributed by atoms with Crippen molar-refractivity contribution in [3.63, 3.8) is 0 Å². The molecule has 96 heavy (non-hydrogen) atoms. The highest BCUT2D eigenvalue weighted by Crippen LogP contribution is 2.24. The molecule has 0 aromatic heterocycles. The van der Waals surface area contributed by atoms with E-state index in [1.165, 1.54) is 21.9 Å². The standard InChI is InChI=1S/C62H92N10O24/c73-47-21-15-39(17-23-51(77)65-27-7-1-3-13-49(75)63-29-9-5-11-43(57(87)88)67-61(95)69-45(59(91)92)19-25-53(79)80)33-41(47)35-71(37-55(83)84)31-32-72(38-56(85)86)36-42-34-40(16-22-48(42)74)18-24-52(78)66-28-8-2-4-14-50(76)64-30-10-6-12-44(58(89)90)68-62(96)70-46(60(93)94)20-26-54(81)82/h15-16,21-22,33-34,43-46,73-74H,1-14,17-20,23-32,35-38H2,(H,63,75)(H,64,76)(H,65,77)(H,66,78)(H,79,80)(H,81,82)(H,83,84)(H,85,86)(H,87,88)(H,89,90)(H,91,92)(H,93,94)(H2,67,69,95)(H2,68,70,96)/t43-,44?,45-,46?/m0/s1. The van der Waals surface area contributed by atoms with E-state index in [1.54, 1.807) is 24.3 Å². The van der Waals surface area contributed by atoms with Crippen LogP contribution in [0.1, 0.15) is 151 Å². The van der Waals surface area contributed by atoms with Crippen LogP contribution in [0.3, 0.4) is 0 Å². The van der Waals surface area contributed by atoms with Crippen LogP contribution in [-0.2, 0) is 83.5 Å². The van der Waals surface area contributed by atoms with Gasteiger partial charge in [0.25, 0.3) is 0 Å². The molecule has 4 atom stereocenters. The third-order valence-electron chi connectivity index (χ3n) is 14.8. The molecule has 34 nitrogen and oxygen atoms in total. The molecule has 0 bridgehead atoms. The number of unbranched alkanes of at least 4 members (excludes halogenated alkanes) is 6. The van der Waals surface area contributed by atoms with Gasteiger partial charge in [-0.25, -0.2) is 28.8 Å². The molecule has 0 spiro atoms. The number of carbonyl (C=O) groups is 14. The molecule has 0 aliphatic heterocycles. The zero-order chi connectivity index (χ0) is 71.5. The summed E-state index contributed by atoms with van der Waals surface area (Å²) in [7, 11) is 0. The third kappa shape index (κ3) is 38.4. The lowest BCUT2D eigenvalue weighted by Crippen LogP contribution is -2.51. The predicted molar refractivity (Wildman–Crippen MR) is 338 cm³/mol. The lowest BCUT2D eigenvalue weighted by molar-refractivity contribution is -0.142. The van der Waals surface area contributed by atoms with Crippen molar-refractivity contribution < 1.29 is 118 Å². The summed E-state index contributed by atoms with van der Waals surface area (Å²) in [5, 5.41) is 116. The van der Waals surface area contributed by atoms with Crippen LogP contribution >= 0.6 is 0 Å². The smallest absolute Gasteiger partial charge is 0.326 e. The van der Waals surface area contributed by atoms with E-state index >= 15 is 0 Å². The van der Waals surface area contributed by atoms with Crippen LogP contribution in [0.15, 0.2) is 36.4 Å². The second kappa shape index (κ2) is 46.3. The number of rotatable bonds is 53. The number of hydrogen-bond acceptors (Lipinski definition) is 18. The molecule has 0 heterocycles. The first-order chi connectivity index (χ1) is 45.5. The molecule has 534 valence electrons. The maximum Gasteiger partial charge on any atom is 0.326 e. The topological polar surface area (TPSA) is 544 Å². The van der Waals surface area contributed by atoms with Gasteiger partial charge in [-0.3, -0.25) is 48.2 Å². The van der Waals surface area contributed by atoms with E-state index < -0.39 is 123 Å². The van der Waals surface area contributed by atoms with Crippen LogP contribution in [0, 0.1) is 0 Å². The highest BCUT2D eigenvalue weighted by atomic mass is 16.4. The van der Waals surface area contributed by atoms with Gasteiger partial charge in [-0.1, -0.05) is 37.1 Å². The molecule has 2 aromatic rings. The van der Waals surface area contributed by atoms with E-state index in [0.29, 0.717) is 86.7 Å². The van der Waals surface area contributed by atoms with Crippen molar-refractivity contribution >= 4 is 83.4 Å². The SMILES string of the molecule is O=C(O)CCC(NC(=O)NC(CCCCNC(=O)CCCCCNC(=O)CCc1ccc(O)c(CN(CCN(CC(=O)O)Cc2cc(CCC(=O)NCCCCCC(=O)NCCCC[C@H](NC(=O)N[C@@H](CCC(=O)O)C(=O)O)C(=O)O)ccc2O)CC(=O)O)c1)C(=O)O)C(=O)O. The number of amides is 8. The molecule has 2 unspecified atom stereocenters. The summed E-state index contributed by atoms with van der Waals surface area (Å²) in [5.41, 5.74) is 2.09. The Morgan fingerprint density at radius 3 is 0.948 bits per heavy atom. The van der Waals surface area contributed by atoms with Gasteiger partial charge in [0.1, 0.15) is 35.7 Å². The van der Waals surface area contributed by atoms with E-state index in [-0.39, 0.29) is 139 Å². The quantitative estimate of drug-likeness (QED) is 0.0417. The first-order valence-corrected chi connectivity index (χ1v) is 31.6. The number of carboxylic acid groups (broad SMARTS) is 8. The van der Waals surface area contributed by atoms with Crippen molar-refractivity contribution in [2.24, 2.45) is 0 Å². The van der Waals surface area contributed by atoms with Crippen molar-refractivity contribution in [2.75, 3.05) is 52.4 Å². The molecule has 0 fully saturated rings. The van der Waals surface area contributed by atoms with Gasteiger partial charge in [0.2, 0.25) is 23.6 Å². The van der Waals surface area contributed by atoms with E-state index in [4.69, 9.17) is 10.2 Å². The van der Waals surface area contributed by atoms with Crippen LogP contribution in [0.4, 0.5) is 9.59 Å². The Balaban J connectivity index is 1.74. The first kappa shape index (κ1) is 82.2. The van der Waals surface area contributed by atoms with Crippen LogP contribution in [0.5, 0.6) is 11.5 Å². The van der Waals surface area contributed by atoms with Crippen LogP contribution in [0.25, 0.3) is 0 Å². The number of carbonyl (C=O) groups excluding carboxylic acids is 6. The summed E-state index contributed by atoms with van der Waals surface area (Å²) >= 11 is 0. The molecule has 34 heteroatoms. The van der Waals surface area contributed by atoms with Gasteiger partial charge >= 0.3 is 59.8 Å². The number of phenols is 2. The summed E-state index contributed by atoms with van der Waals surface area (Å²) < 4.78 is 0. The molecule has 8 amide bonds. The number of nitrogens with one attached hydrogen (secondary N) is 8. The minimum Gasteiger partial charge on any atom is -0.508 e. The zero-order valence-electron chi connectivity index (χ0n) is 53.5. The number of aliphatic carboxylic acids is 8. The fraction of sp³-hybridized carbons (Fsp3) is 0.581. The highest BCUT2D eigenvalue weighted by molar-refractivity contribution is 5.87. The number of phenolic OH excluding ortho intramolecular Hbond substituents is 2. The van der Waals surface area contributed by atoms with Gasteiger partial charge in [-0.2, -0.15) is 0 Å². The number of urea groups is 2. The second-order valence-corrected chi connectivity index (χ2v) is 22.8. The van der Waals surface area contributed by atoms with Crippen molar-refractivity contribution in [2.45, 2.75) is 179 Å². The molecule has 0 aliphatic carbocycles. The van der Waals surface area contributed by atoms with E-state index in [1.807, 2.05) is 0 Å². The number of aryl methyl sites for hydroxylation is 2. The summed E-state index contributed by atoms with van der Waals surface area (Å²) in [6, 6.07) is 1.47. The number of aromatic hydroxyl groups is 2. The predicted octanol–water partition coefficient (Wildman–Crippen LogP) is 1.50. The van der Waals surface area contributed by atoms with Crippen molar-refractivity contribution in [3.8, 4) is 11.5 Å². The maximum absolute atomic E-state index is 12.7. The number of nitrogens with zero attached hydrogens (tertiary/aromatic N) is 2. The Hall–Kier alpha value is -9.86. The van der Waals surface area contributed by atoms with Crippen molar-refractivity contribution in [3.05, 3.63) is 58.7 Å². The molecule has 0 radical (unpaired) electrons. The zero-order valence-corrected chi connectivity index (χ0v) is 53.5. The molecule has 0 saturated carbocycles. The van der Waals surface area contributed by atoms with Crippen LogP contribution < -0.4 is 42.5 Å². The Bertz CT molecular complexity index is 2740. The Labute approximate surface area is 553 Å². The summed E-state index contributed by atoms with van der Waals surface area (Å²) in [6.45, 7) is 0.147. The van der Waals surface area contributed by atoms with Gasteiger partial charge in [0, 0.05) is 102 Å². The van der Waals surface area contributed by atoms with E-state index in [0.717, 1.165) is 0 Å². The Morgan fingerprint density at radius 1 is 0.344 bits per heavy atom. The minimum atomic E-state index is -1.54. The molecule has 0 aliphatic rings. The van der Waals surface area contributed by atoms with Gasteiger partial charge in [0.15, 0.2) is 0 Å². The fourth-order valence-electron chi connectivity index (χ4n) is 9.60. The molecular weight excluding hydrogens is 1270 g/mol. The van der Waals surface area contributed by atoms with Crippen LogP contribution in [0.2, 0.25) is 0 Å². The lowest BCUT2D eigenvalue weighted by atomic mass is 10.0. The number of carboxylic acids is 8. The summed E-state index contributed by atoms with van der Waals surface area (Å²) in [6.07, 6.45) is 4.02. The first-order valence-electron chi connectivity index (χ1n) is 31.6. The largest absolute Gasteiger partial charge is 0.508 e. The number of benzene rings is 2. The average Bonchev–Trinajstić information content (AvgIpc) is 0.925. The van der Waals surface area contributed by atoms with Crippen LogP contribution in [-0.4, -0.2) is 221 Å². The maximum atomic E-state index is 12.7. The van der Waals surface area contributed by atoms with Crippen molar-refractivity contribution in [1.82, 2.24) is 52.3 Å².